The van der Waals surface area contributed by atoms with Crippen molar-refractivity contribution in [3.8, 4) is 17.1 Å². The number of nitrogens with one attached hydrogen (secondary N) is 2. The number of hydrogen-bond donors (Lipinski definition) is 2. The maximum Gasteiger partial charge on any atom is 0.259 e. The number of ether oxygens (including phenoxy) is 1. The lowest BCUT2D eigenvalue weighted by Crippen LogP contribution is -2.13. The number of hydrogen-bond acceptors (Lipinski definition) is 6. The molecule has 0 atom stereocenters. The van der Waals surface area contributed by atoms with Crippen molar-refractivity contribution in [2.45, 2.75) is 6.92 Å². The number of nitrogens with zero attached hydrogens (tertiary/aromatic N) is 3. The molecule has 2 heterocycles. The number of anilines is 3. The van der Waals surface area contributed by atoms with Crippen molar-refractivity contribution in [3.63, 3.8) is 0 Å². The number of benzene rings is 2. The van der Waals surface area contributed by atoms with Gasteiger partial charge in [0.05, 0.1) is 24.1 Å². The molecule has 0 bridgehead atoms. The molecule has 0 unspecified atom stereocenters. The molecular formula is C24H21N5O2. The minimum atomic E-state index is -0.249. The van der Waals surface area contributed by atoms with Crippen LogP contribution in [0.2, 0.25) is 0 Å². The van der Waals surface area contributed by atoms with Gasteiger partial charge in [-0.1, -0.05) is 24.3 Å². The Kier molecular flexibility index (Phi) is 5.84. The van der Waals surface area contributed by atoms with Gasteiger partial charge in [-0.2, -0.15) is 0 Å². The Morgan fingerprint density at radius 2 is 1.74 bits per heavy atom. The monoisotopic (exact) mass is 411 g/mol. The highest BCUT2D eigenvalue weighted by Crippen LogP contribution is 2.25. The number of carbonyl (C=O) groups is 1. The number of amides is 1. The fourth-order valence-electron chi connectivity index (χ4n) is 3.06. The fraction of sp³-hybridized carbons (Fsp3) is 0.0833. The molecule has 0 saturated carbocycles. The Labute approximate surface area is 180 Å². The molecule has 0 aliphatic rings. The molecule has 0 saturated heterocycles. The molecule has 4 rings (SSSR count). The first-order valence-corrected chi connectivity index (χ1v) is 9.70. The zero-order valence-electron chi connectivity index (χ0n) is 17.2. The molecule has 2 N–H and O–H groups in total. The third kappa shape index (κ3) is 4.67. The van der Waals surface area contributed by atoms with E-state index in [2.05, 4.69) is 25.6 Å². The summed E-state index contributed by atoms with van der Waals surface area (Å²) in [5.74, 6) is 0.713. The van der Waals surface area contributed by atoms with Gasteiger partial charge < -0.3 is 15.4 Å². The number of pyridine rings is 1. The predicted molar refractivity (Wildman–Crippen MR) is 121 cm³/mol. The Balaban J connectivity index is 1.56. The van der Waals surface area contributed by atoms with Crippen molar-refractivity contribution in [3.05, 3.63) is 90.3 Å². The topological polar surface area (TPSA) is 89.0 Å². The zero-order chi connectivity index (χ0) is 21.6. The maximum absolute atomic E-state index is 12.7. The summed E-state index contributed by atoms with van der Waals surface area (Å²) in [7, 11) is 1.54. The summed E-state index contributed by atoms with van der Waals surface area (Å²) in [6, 6.07) is 20.2. The predicted octanol–water partition coefficient (Wildman–Crippen LogP) is 4.85. The second-order valence-electron chi connectivity index (χ2n) is 6.79. The van der Waals surface area contributed by atoms with Crippen LogP contribution in [0, 0.1) is 6.92 Å². The van der Waals surface area contributed by atoms with E-state index in [0.717, 1.165) is 22.6 Å². The highest BCUT2D eigenvalue weighted by molar-refractivity contribution is 6.06. The Hall–Kier alpha value is -4.26. The van der Waals surface area contributed by atoms with Gasteiger partial charge in [-0.3, -0.25) is 9.78 Å². The van der Waals surface area contributed by atoms with Crippen molar-refractivity contribution in [1.82, 2.24) is 15.0 Å². The van der Waals surface area contributed by atoms with Crippen LogP contribution in [-0.2, 0) is 0 Å². The van der Waals surface area contributed by atoms with Crippen LogP contribution in [0.25, 0.3) is 11.4 Å². The van der Waals surface area contributed by atoms with Crippen LogP contribution < -0.4 is 15.4 Å². The first kappa shape index (κ1) is 20.0. The van der Waals surface area contributed by atoms with E-state index in [9.17, 15) is 4.79 Å². The minimum absolute atomic E-state index is 0.249. The van der Waals surface area contributed by atoms with E-state index in [4.69, 9.17) is 4.74 Å². The van der Waals surface area contributed by atoms with Gasteiger partial charge in [-0.25, -0.2) is 9.97 Å². The van der Waals surface area contributed by atoms with Crippen molar-refractivity contribution < 1.29 is 9.53 Å². The van der Waals surface area contributed by atoms with Gasteiger partial charge in [-0.05, 0) is 55.0 Å². The van der Waals surface area contributed by atoms with E-state index in [1.165, 1.54) is 0 Å². The molecule has 0 aliphatic heterocycles. The highest BCUT2D eigenvalue weighted by atomic mass is 16.5. The van der Waals surface area contributed by atoms with Crippen molar-refractivity contribution in [2.75, 3.05) is 17.7 Å². The Bertz CT molecular complexity index is 1210. The fourth-order valence-corrected chi connectivity index (χ4v) is 3.06. The smallest absolute Gasteiger partial charge is 0.259 e. The number of methoxy groups -OCH3 is 1. The summed E-state index contributed by atoms with van der Waals surface area (Å²) in [4.78, 5) is 25.9. The number of para-hydroxylation sites is 1. The van der Waals surface area contributed by atoms with Gasteiger partial charge in [0.15, 0.2) is 0 Å². The summed E-state index contributed by atoms with van der Waals surface area (Å²) in [6.07, 6.45) is 3.41. The van der Waals surface area contributed by atoms with Gasteiger partial charge >= 0.3 is 0 Å². The van der Waals surface area contributed by atoms with E-state index in [1.807, 2.05) is 55.5 Å². The maximum atomic E-state index is 12.7. The summed E-state index contributed by atoms with van der Waals surface area (Å²) in [5.41, 5.74) is 4.37. The van der Waals surface area contributed by atoms with Crippen LogP contribution in [0.4, 0.5) is 17.3 Å². The second kappa shape index (κ2) is 9.04. The lowest BCUT2D eigenvalue weighted by Gasteiger charge is -2.13. The lowest BCUT2D eigenvalue weighted by molar-refractivity contribution is 0.102. The number of aryl methyl sites for hydroxylation is 1. The molecule has 0 aliphatic carbocycles. The summed E-state index contributed by atoms with van der Waals surface area (Å²) >= 11 is 0. The first-order chi connectivity index (χ1) is 15.1. The molecule has 2 aromatic carbocycles. The van der Waals surface area contributed by atoms with Crippen LogP contribution >= 0.6 is 0 Å². The van der Waals surface area contributed by atoms with Crippen LogP contribution in [0.15, 0.2) is 79.1 Å². The molecule has 154 valence electrons. The van der Waals surface area contributed by atoms with Crippen LogP contribution in [0.5, 0.6) is 5.75 Å². The number of aromatic nitrogens is 3. The standard InChI is InChI=1S/C24H21N5O2/c1-16-10-11-17(27-23(30)18-7-3-4-9-22(18)31-2)15-21(16)29-24-26-14-12-20(28-24)19-8-5-6-13-25-19/h3-15H,1-2H3,(H,27,30)(H,26,28,29). The van der Waals surface area contributed by atoms with E-state index in [1.54, 1.807) is 37.7 Å². The van der Waals surface area contributed by atoms with Crippen LogP contribution in [-0.4, -0.2) is 28.0 Å². The molecular weight excluding hydrogens is 390 g/mol. The quantitative estimate of drug-likeness (QED) is 0.471. The second-order valence-corrected chi connectivity index (χ2v) is 6.79. The van der Waals surface area contributed by atoms with Gasteiger partial charge in [-0.15, -0.1) is 0 Å². The van der Waals surface area contributed by atoms with E-state index >= 15 is 0 Å². The van der Waals surface area contributed by atoms with Crippen molar-refractivity contribution in [1.29, 1.82) is 0 Å². The third-order valence-electron chi connectivity index (χ3n) is 4.68. The molecule has 7 nitrogen and oxygen atoms in total. The Morgan fingerprint density at radius 3 is 2.55 bits per heavy atom. The van der Waals surface area contributed by atoms with E-state index in [0.29, 0.717) is 22.9 Å². The van der Waals surface area contributed by atoms with Crippen molar-refractivity contribution in [2.24, 2.45) is 0 Å². The SMILES string of the molecule is COc1ccccc1C(=O)Nc1ccc(C)c(Nc2nccc(-c3ccccn3)n2)c1. The average Bonchev–Trinajstić information content (AvgIpc) is 2.82. The van der Waals surface area contributed by atoms with E-state index in [-0.39, 0.29) is 5.91 Å². The van der Waals surface area contributed by atoms with Gasteiger partial charge in [0.1, 0.15) is 5.75 Å². The number of rotatable bonds is 6. The molecule has 0 radical (unpaired) electrons. The molecule has 0 fully saturated rings. The average molecular weight is 411 g/mol. The molecule has 4 aromatic rings. The molecule has 7 heteroatoms. The van der Waals surface area contributed by atoms with Crippen LogP contribution in [0.1, 0.15) is 15.9 Å². The Morgan fingerprint density at radius 1 is 0.903 bits per heavy atom. The number of carbonyl (C=O) groups excluding carboxylic acids is 1. The van der Waals surface area contributed by atoms with Gasteiger partial charge in [0.25, 0.3) is 5.91 Å². The lowest BCUT2D eigenvalue weighted by atomic mass is 10.1. The first-order valence-electron chi connectivity index (χ1n) is 9.70. The normalized spacial score (nSPS) is 10.4. The van der Waals surface area contributed by atoms with Gasteiger partial charge in [0, 0.05) is 23.8 Å². The molecule has 1 amide bonds. The van der Waals surface area contributed by atoms with Gasteiger partial charge in [0.2, 0.25) is 5.95 Å². The zero-order valence-corrected chi connectivity index (χ0v) is 17.2. The van der Waals surface area contributed by atoms with Crippen LogP contribution in [0.3, 0.4) is 0 Å². The van der Waals surface area contributed by atoms with Crippen molar-refractivity contribution >= 4 is 23.2 Å². The molecule has 31 heavy (non-hydrogen) atoms. The summed E-state index contributed by atoms with van der Waals surface area (Å²) in [6.45, 7) is 1.97. The van der Waals surface area contributed by atoms with E-state index < -0.39 is 0 Å². The third-order valence-corrected chi connectivity index (χ3v) is 4.68. The summed E-state index contributed by atoms with van der Waals surface area (Å²) < 4.78 is 5.28. The molecule has 2 aromatic heterocycles. The molecule has 0 spiro atoms. The summed E-state index contributed by atoms with van der Waals surface area (Å²) in [5, 5.41) is 6.15. The minimum Gasteiger partial charge on any atom is -0.496 e. The largest absolute Gasteiger partial charge is 0.496 e. The highest BCUT2D eigenvalue weighted by Gasteiger charge is 2.13.